The van der Waals surface area contributed by atoms with E-state index in [0.717, 1.165) is 0 Å². The van der Waals surface area contributed by atoms with E-state index in [4.69, 9.17) is 0 Å². The molecule has 0 unspecified atom stereocenters. The zero-order chi connectivity index (χ0) is 12.3. The first-order valence-electron chi connectivity index (χ1n) is 6.20. The summed E-state index contributed by atoms with van der Waals surface area (Å²) < 4.78 is 0. The van der Waals surface area contributed by atoms with Gasteiger partial charge in [-0.15, -0.1) is 0 Å². The zero-order valence-corrected chi connectivity index (χ0v) is 14.2. The Morgan fingerprint density at radius 1 is 0.889 bits per heavy atom. The molecule has 0 fully saturated rings. The van der Waals surface area contributed by atoms with Gasteiger partial charge in [0, 0.05) is 32.7 Å². The first kappa shape index (κ1) is 17.5. The van der Waals surface area contributed by atoms with Gasteiger partial charge < -0.3 is 0 Å². The van der Waals surface area contributed by atoms with Crippen molar-refractivity contribution in [3.63, 3.8) is 0 Å². The van der Waals surface area contributed by atoms with Crippen LogP contribution in [0.1, 0.15) is 30.9 Å². The predicted molar refractivity (Wildman–Crippen MR) is 73.9 cm³/mol. The maximum atomic E-state index is 3.01. The minimum atomic E-state index is 0. The average Bonchev–Trinajstić information content (AvgIpc) is 2.39. The fourth-order valence-electron chi connectivity index (χ4n) is 1.44. The van der Waals surface area contributed by atoms with Crippen LogP contribution in [-0.2, 0) is 39.1 Å². The van der Waals surface area contributed by atoms with Crippen LogP contribution in [0, 0.1) is 19.1 Å². The van der Waals surface area contributed by atoms with E-state index in [1.165, 1.54) is 30.4 Å². The maximum Gasteiger partial charge on any atom is 0 e. The van der Waals surface area contributed by atoms with E-state index in [0.29, 0.717) is 0 Å². The molecular formula is C17H20Y-2. The normalized spacial score (nSPS) is 8.78. The van der Waals surface area contributed by atoms with Crippen LogP contribution >= 0.6 is 0 Å². The summed E-state index contributed by atoms with van der Waals surface area (Å²) in [7, 11) is 0. The van der Waals surface area contributed by atoms with Gasteiger partial charge in [0.1, 0.15) is 0 Å². The minimum Gasteiger partial charge on any atom is -0.184 e. The van der Waals surface area contributed by atoms with Crippen molar-refractivity contribution >= 4 is 0 Å². The molecule has 1 radical (unpaired) electrons. The molecule has 0 spiro atoms. The van der Waals surface area contributed by atoms with E-state index >= 15 is 0 Å². The maximum absolute atomic E-state index is 3.01. The average molecular weight is 313 g/mol. The van der Waals surface area contributed by atoms with Crippen LogP contribution in [0.25, 0.3) is 0 Å². The van der Waals surface area contributed by atoms with Gasteiger partial charge in [0.15, 0.2) is 0 Å². The summed E-state index contributed by atoms with van der Waals surface area (Å²) in [5, 5.41) is 0. The van der Waals surface area contributed by atoms with Gasteiger partial charge in [0.05, 0.1) is 0 Å². The van der Waals surface area contributed by atoms with E-state index in [1.807, 2.05) is 36.4 Å². The third-order valence-corrected chi connectivity index (χ3v) is 2.49. The molecule has 0 nitrogen and oxygen atoms in total. The molecule has 0 bridgehead atoms. The predicted octanol–water partition coefficient (Wildman–Crippen LogP) is 4.62. The first-order chi connectivity index (χ1) is 8.33. The van der Waals surface area contributed by atoms with E-state index in [9.17, 15) is 0 Å². The molecule has 0 heterocycles. The standard InChI is InChI=1S/C10H13.C7H7.Y/c1-2-3-7-10-8-5-4-6-9-10;1-7-5-3-2-4-6-7;/h5-6,8-9H,2-3,7H2,1H3;3-6H,1H3;/q2*-1;. The van der Waals surface area contributed by atoms with Gasteiger partial charge in [0.25, 0.3) is 0 Å². The van der Waals surface area contributed by atoms with E-state index < -0.39 is 0 Å². The zero-order valence-electron chi connectivity index (χ0n) is 11.3. The molecule has 0 amide bonds. The second kappa shape index (κ2) is 11.6. The van der Waals surface area contributed by atoms with Gasteiger partial charge in [-0.2, -0.15) is 71.8 Å². The van der Waals surface area contributed by atoms with Crippen molar-refractivity contribution in [2.45, 2.75) is 33.1 Å². The molecule has 0 saturated heterocycles. The SMILES string of the molecule is CCCCc1cc[c-]cc1.Cc1cc[c-]cc1.[Y]. The van der Waals surface area contributed by atoms with Crippen LogP contribution in [0.2, 0.25) is 0 Å². The van der Waals surface area contributed by atoms with E-state index in [-0.39, 0.29) is 32.7 Å². The Hall–Kier alpha value is -0.456. The van der Waals surface area contributed by atoms with Crippen LogP contribution in [0.5, 0.6) is 0 Å². The first-order valence-corrected chi connectivity index (χ1v) is 6.20. The minimum absolute atomic E-state index is 0. The number of unbranched alkanes of at least 4 members (excludes halogenated alkanes) is 1. The molecule has 0 saturated carbocycles. The third-order valence-electron chi connectivity index (χ3n) is 2.49. The number of hydrogen-bond acceptors (Lipinski definition) is 0. The molecule has 2 aromatic rings. The molecule has 1 heteroatoms. The van der Waals surface area contributed by atoms with Gasteiger partial charge >= 0.3 is 0 Å². The summed E-state index contributed by atoms with van der Waals surface area (Å²) in [6.45, 7) is 4.28. The molecule has 0 atom stereocenters. The quantitative estimate of drug-likeness (QED) is 0.725. The number of aryl methyl sites for hydroxylation is 2. The Morgan fingerprint density at radius 2 is 1.39 bits per heavy atom. The summed E-state index contributed by atoms with van der Waals surface area (Å²) >= 11 is 0. The van der Waals surface area contributed by atoms with Crippen LogP contribution in [0.15, 0.2) is 48.5 Å². The van der Waals surface area contributed by atoms with Crippen molar-refractivity contribution in [1.82, 2.24) is 0 Å². The summed E-state index contributed by atoms with van der Waals surface area (Å²) in [5.41, 5.74) is 2.72. The summed E-state index contributed by atoms with van der Waals surface area (Å²) in [4.78, 5) is 0. The second-order valence-electron chi connectivity index (χ2n) is 4.09. The Bertz CT molecular complexity index is 381. The van der Waals surface area contributed by atoms with Gasteiger partial charge in [0.2, 0.25) is 0 Å². The molecule has 18 heavy (non-hydrogen) atoms. The number of rotatable bonds is 3. The van der Waals surface area contributed by atoms with Gasteiger partial charge in [-0.05, 0) is 0 Å². The van der Waals surface area contributed by atoms with Crippen LogP contribution in [-0.4, -0.2) is 0 Å². The van der Waals surface area contributed by atoms with Crippen molar-refractivity contribution in [2.24, 2.45) is 0 Å². The summed E-state index contributed by atoms with van der Waals surface area (Å²) in [6, 6.07) is 22.0. The largest absolute Gasteiger partial charge is 0.184 e. The molecule has 0 aliphatic rings. The van der Waals surface area contributed by atoms with E-state index in [1.54, 1.807) is 0 Å². The Labute approximate surface area is 137 Å². The Balaban J connectivity index is 0.000000321. The third kappa shape index (κ3) is 8.61. The summed E-state index contributed by atoms with van der Waals surface area (Å²) in [6.07, 6.45) is 3.79. The molecule has 2 rings (SSSR count). The monoisotopic (exact) mass is 313 g/mol. The smallest absolute Gasteiger partial charge is 0 e. The molecular weight excluding hydrogens is 293 g/mol. The summed E-state index contributed by atoms with van der Waals surface area (Å²) in [5.74, 6) is 0. The molecule has 93 valence electrons. The Kier molecular flexibility index (Phi) is 11.3. The van der Waals surface area contributed by atoms with Crippen LogP contribution in [0.3, 0.4) is 0 Å². The molecule has 0 aliphatic heterocycles. The van der Waals surface area contributed by atoms with Gasteiger partial charge in [-0.1, -0.05) is 33.1 Å². The fraction of sp³-hybridized carbons (Fsp3) is 0.294. The van der Waals surface area contributed by atoms with Crippen molar-refractivity contribution in [2.75, 3.05) is 0 Å². The second-order valence-corrected chi connectivity index (χ2v) is 4.09. The molecule has 2 aromatic carbocycles. The molecule has 0 aromatic heterocycles. The van der Waals surface area contributed by atoms with Crippen molar-refractivity contribution < 1.29 is 32.7 Å². The fourth-order valence-corrected chi connectivity index (χ4v) is 1.44. The van der Waals surface area contributed by atoms with Crippen molar-refractivity contribution in [3.05, 3.63) is 71.8 Å². The van der Waals surface area contributed by atoms with Crippen molar-refractivity contribution in [3.8, 4) is 0 Å². The van der Waals surface area contributed by atoms with E-state index in [2.05, 4.69) is 38.1 Å². The Morgan fingerprint density at radius 3 is 1.78 bits per heavy atom. The van der Waals surface area contributed by atoms with Gasteiger partial charge in [-0.3, -0.25) is 0 Å². The number of hydrogen-bond donors (Lipinski definition) is 0. The molecule has 0 N–H and O–H groups in total. The van der Waals surface area contributed by atoms with Crippen LogP contribution < -0.4 is 0 Å². The topological polar surface area (TPSA) is 0 Å². The number of benzene rings is 2. The molecule has 0 aliphatic carbocycles. The van der Waals surface area contributed by atoms with Crippen LogP contribution in [0.4, 0.5) is 0 Å². The van der Waals surface area contributed by atoms with Gasteiger partial charge in [-0.25, -0.2) is 0 Å². The van der Waals surface area contributed by atoms with Crippen molar-refractivity contribution in [1.29, 1.82) is 0 Å².